The maximum atomic E-state index is 12.3. The smallest absolute Gasteiger partial charge is 0.328 e. The molecule has 0 bridgehead atoms. The zero-order valence-electron chi connectivity index (χ0n) is 14.7. The molecule has 2 rings (SSSR count). The average Bonchev–Trinajstić information content (AvgIpc) is 2.56. The second-order valence-electron chi connectivity index (χ2n) is 6.82. The number of carbonyl (C=O) groups excluding carboxylic acids is 1. The summed E-state index contributed by atoms with van der Waals surface area (Å²) in [5.74, 6) is -1.59. The molecule has 0 radical (unpaired) electrons. The molecular weight excluding hydrogens is 304 g/mol. The maximum absolute atomic E-state index is 12.3. The molecule has 132 valence electrons. The van der Waals surface area contributed by atoms with Crippen LogP contribution < -0.4 is 0 Å². The Labute approximate surface area is 144 Å². The average molecular weight is 332 g/mol. The molecule has 1 aliphatic rings. The fraction of sp³-hybridized carbons (Fsp3) is 0.600. The summed E-state index contributed by atoms with van der Waals surface area (Å²) in [5.41, 5.74) is -1.29. The van der Waals surface area contributed by atoms with Crippen molar-refractivity contribution in [1.29, 1.82) is 0 Å². The summed E-state index contributed by atoms with van der Waals surface area (Å²) in [6.07, 6.45) is 5.94. The van der Waals surface area contributed by atoms with Gasteiger partial charge in [-0.1, -0.05) is 69.9 Å². The van der Waals surface area contributed by atoms with Crippen LogP contribution in [0, 0.1) is 5.41 Å². The number of carboxylic acid groups (broad SMARTS) is 1. The summed E-state index contributed by atoms with van der Waals surface area (Å²) >= 11 is 0. The van der Waals surface area contributed by atoms with Gasteiger partial charge >= 0.3 is 11.9 Å². The normalized spacial score (nSPS) is 25.8. The van der Waals surface area contributed by atoms with E-state index in [9.17, 15) is 14.7 Å². The summed E-state index contributed by atoms with van der Waals surface area (Å²) in [7, 11) is 0. The van der Waals surface area contributed by atoms with Crippen molar-refractivity contribution in [3.8, 4) is 0 Å². The van der Waals surface area contributed by atoms with Crippen LogP contribution in [0.1, 0.15) is 64.4 Å². The topological polar surface area (TPSA) is 63.6 Å². The van der Waals surface area contributed by atoms with Gasteiger partial charge in [0.2, 0.25) is 5.41 Å². The summed E-state index contributed by atoms with van der Waals surface area (Å²) < 4.78 is 5.63. The van der Waals surface area contributed by atoms with E-state index in [-0.39, 0.29) is 0 Å². The van der Waals surface area contributed by atoms with Crippen molar-refractivity contribution in [2.75, 3.05) is 0 Å². The van der Waals surface area contributed by atoms with Gasteiger partial charge in [-0.25, -0.2) is 0 Å². The fourth-order valence-electron chi connectivity index (χ4n) is 3.78. The lowest BCUT2D eigenvalue weighted by molar-refractivity contribution is -0.250. The third-order valence-corrected chi connectivity index (χ3v) is 5.20. The van der Waals surface area contributed by atoms with Crippen LogP contribution in [0.2, 0.25) is 0 Å². The Morgan fingerprint density at radius 2 is 1.71 bits per heavy atom. The standard InChI is InChI=1S/C20H28O4/c1-3-5-10-13-19(15-16-11-8-7-9-12-16)20(17(21)22,14-6-4-2)18(23)24-19/h7-9,11-12H,3-6,10,13-15H2,1-2H3,(H,21,22)/t19-,20-/m0/s1. The van der Waals surface area contributed by atoms with E-state index >= 15 is 0 Å². The highest BCUT2D eigenvalue weighted by molar-refractivity contribution is 6.05. The van der Waals surface area contributed by atoms with Crippen LogP contribution in [-0.2, 0) is 20.7 Å². The predicted molar refractivity (Wildman–Crippen MR) is 92.7 cm³/mol. The highest BCUT2D eigenvalue weighted by Crippen LogP contribution is 2.54. The molecule has 0 aliphatic carbocycles. The number of benzene rings is 1. The molecule has 0 spiro atoms. The predicted octanol–water partition coefficient (Wildman–Crippen LogP) is 4.37. The first kappa shape index (κ1) is 18.5. The number of esters is 1. The number of carboxylic acids is 1. The van der Waals surface area contributed by atoms with Gasteiger partial charge < -0.3 is 9.84 Å². The molecule has 1 heterocycles. The first-order chi connectivity index (χ1) is 11.5. The van der Waals surface area contributed by atoms with Crippen LogP contribution in [0.5, 0.6) is 0 Å². The summed E-state index contributed by atoms with van der Waals surface area (Å²) in [6.45, 7) is 4.12. The van der Waals surface area contributed by atoms with Gasteiger partial charge in [0, 0.05) is 6.42 Å². The van der Waals surface area contributed by atoms with E-state index in [0.717, 1.165) is 31.2 Å². The van der Waals surface area contributed by atoms with Crippen molar-refractivity contribution in [2.45, 2.75) is 70.8 Å². The minimum absolute atomic E-state index is 0.358. The Balaban J connectivity index is 2.35. The summed E-state index contributed by atoms with van der Waals surface area (Å²) in [4.78, 5) is 24.5. The van der Waals surface area contributed by atoms with Gasteiger partial charge in [0.05, 0.1) is 0 Å². The van der Waals surface area contributed by atoms with Crippen molar-refractivity contribution in [1.82, 2.24) is 0 Å². The molecule has 1 aliphatic heterocycles. The summed E-state index contributed by atoms with van der Waals surface area (Å²) in [5, 5.41) is 9.95. The molecule has 2 atom stereocenters. The van der Waals surface area contributed by atoms with Gasteiger partial charge in [0.1, 0.15) is 5.60 Å². The lowest BCUT2D eigenvalue weighted by Crippen LogP contribution is -2.71. The first-order valence-corrected chi connectivity index (χ1v) is 9.03. The Bertz CT molecular complexity index is 558. The second-order valence-corrected chi connectivity index (χ2v) is 6.82. The molecule has 0 amide bonds. The molecule has 24 heavy (non-hydrogen) atoms. The van der Waals surface area contributed by atoms with Gasteiger partial charge in [-0.15, -0.1) is 0 Å². The number of hydrogen-bond donors (Lipinski definition) is 1. The Hall–Kier alpha value is -1.84. The lowest BCUT2D eigenvalue weighted by atomic mass is 9.60. The van der Waals surface area contributed by atoms with E-state index in [1.807, 2.05) is 37.3 Å². The van der Waals surface area contributed by atoms with Crippen LogP contribution in [-0.4, -0.2) is 22.6 Å². The van der Waals surface area contributed by atoms with Crippen molar-refractivity contribution >= 4 is 11.9 Å². The molecule has 1 fully saturated rings. The van der Waals surface area contributed by atoms with Crippen LogP contribution in [0.3, 0.4) is 0 Å². The Morgan fingerprint density at radius 1 is 1.04 bits per heavy atom. The molecule has 1 aromatic rings. The lowest BCUT2D eigenvalue weighted by Gasteiger charge is -2.54. The number of hydrogen-bond acceptors (Lipinski definition) is 3. The Morgan fingerprint density at radius 3 is 2.25 bits per heavy atom. The number of unbranched alkanes of at least 4 members (excludes halogenated alkanes) is 3. The minimum Gasteiger partial charge on any atom is -0.480 e. The van der Waals surface area contributed by atoms with E-state index in [1.165, 1.54) is 0 Å². The van der Waals surface area contributed by atoms with E-state index in [2.05, 4.69) is 6.92 Å². The molecule has 1 saturated heterocycles. The Kier molecular flexibility index (Phi) is 6.03. The van der Waals surface area contributed by atoms with Gasteiger partial charge in [-0.3, -0.25) is 9.59 Å². The van der Waals surface area contributed by atoms with Gasteiger partial charge in [0.25, 0.3) is 0 Å². The van der Waals surface area contributed by atoms with Crippen LogP contribution >= 0.6 is 0 Å². The number of rotatable bonds is 10. The van der Waals surface area contributed by atoms with E-state index in [0.29, 0.717) is 25.7 Å². The van der Waals surface area contributed by atoms with E-state index < -0.39 is 23.0 Å². The zero-order chi connectivity index (χ0) is 17.6. The number of aliphatic carboxylic acids is 1. The maximum Gasteiger partial charge on any atom is 0.328 e. The second kappa shape index (κ2) is 7.82. The van der Waals surface area contributed by atoms with Gasteiger partial charge in [-0.2, -0.15) is 0 Å². The van der Waals surface area contributed by atoms with Crippen molar-refractivity contribution in [2.24, 2.45) is 5.41 Å². The zero-order valence-corrected chi connectivity index (χ0v) is 14.7. The van der Waals surface area contributed by atoms with E-state index in [4.69, 9.17) is 4.74 Å². The number of ether oxygens (including phenoxy) is 1. The van der Waals surface area contributed by atoms with Crippen LogP contribution in [0.15, 0.2) is 30.3 Å². The van der Waals surface area contributed by atoms with Gasteiger partial charge in [0.15, 0.2) is 0 Å². The third kappa shape index (κ3) is 3.19. The quantitative estimate of drug-likeness (QED) is 0.393. The van der Waals surface area contributed by atoms with E-state index in [1.54, 1.807) is 0 Å². The number of carbonyl (C=O) groups is 2. The fourth-order valence-corrected chi connectivity index (χ4v) is 3.78. The molecule has 4 nitrogen and oxygen atoms in total. The third-order valence-electron chi connectivity index (χ3n) is 5.20. The van der Waals surface area contributed by atoms with Crippen molar-refractivity contribution in [3.05, 3.63) is 35.9 Å². The minimum atomic E-state index is -1.40. The molecule has 0 unspecified atom stereocenters. The van der Waals surface area contributed by atoms with Crippen molar-refractivity contribution < 1.29 is 19.4 Å². The number of cyclic esters (lactones) is 1. The monoisotopic (exact) mass is 332 g/mol. The highest BCUT2D eigenvalue weighted by atomic mass is 16.6. The molecule has 0 aromatic heterocycles. The van der Waals surface area contributed by atoms with Crippen molar-refractivity contribution in [3.63, 3.8) is 0 Å². The van der Waals surface area contributed by atoms with Crippen LogP contribution in [0.4, 0.5) is 0 Å². The summed E-state index contributed by atoms with van der Waals surface area (Å²) in [6, 6.07) is 9.75. The highest BCUT2D eigenvalue weighted by Gasteiger charge is 2.72. The van der Waals surface area contributed by atoms with Crippen LogP contribution in [0.25, 0.3) is 0 Å². The first-order valence-electron chi connectivity index (χ1n) is 9.03. The van der Waals surface area contributed by atoms with Gasteiger partial charge in [-0.05, 0) is 24.8 Å². The SMILES string of the molecule is CCCCC[C@@]1(Cc2ccccc2)OC(=O)[C@]1(CCCC)C(=O)O. The molecular formula is C20H28O4. The molecule has 1 aromatic carbocycles. The largest absolute Gasteiger partial charge is 0.480 e. The molecule has 1 N–H and O–H groups in total. The molecule has 4 heteroatoms. The molecule has 0 saturated carbocycles.